The second kappa shape index (κ2) is 6.25. The molecule has 4 nitrogen and oxygen atoms in total. The van der Waals surface area contributed by atoms with Crippen molar-refractivity contribution < 1.29 is 9.53 Å². The van der Waals surface area contributed by atoms with Gasteiger partial charge in [-0.1, -0.05) is 18.2 Å². The monoisotopic (exact) mass is 222 g/mol. The van der Waals surface area contributed by atoms with E-state index in [2.05, 4.69) is 5.32 Å². The van der Waals surface area contributed by atoms with E-state index >= 15 is 0 Å². The highest BCUT2D eigenvalue weighted by molar-refractivity contribution is 5.94. The van der Waals surface area contributed by atoms with Crippen LogP contribution in [-0.4, -0.2) is 18.6 Å². The summed E-state index contributed by atoms with van der Waals surface area (Å²) in [4.78, 5) is 11.5. The molecule has 1 amide bonds. The third-order valence-corrected chi connectivity index (χ3v) is 2.15. The first-order valence-corrected chi connectivity index (χ1v) is 5.37. The quantitative estimate of drug-likeness (QED) is 0.793. The van der Waals surface area contributed by atoms with Crippen molar-refractivity contribution in [2.75, 3.05) is 11.9 Å². The summed E-state index contributed by atoms with van der Waals surface area (Å²) in [6, 6.07) is 7.03. The minimum atomic E-state index is -0.514. The Labute approximate surface area is 95.8 Å². The summed E-state index contributed by atoms with van der Waals surface area (Å²) in [5.41, 5.74) is 7.21. The van der Waals surface area contributed by atoms with E-state index in [-0.39, 0.29) is 5.91 Å². The summed E-state index contributed by atoms with van der Waals surface area (Å²) in [7, 11) is 0. The Hall–Kier alpha value is -1.39. The van der Waals surface area contributed by atoms with Crippen molar-refractivity contribution in [3.8, 4) is 0 Å². The molecule has 0 saturated carbocycles. The maximum atomic E-state index is 11.5. The maximum absolute atomic E-state index is 11.5. The summed E-state index contributed by atoms with van der Waals surface area (Å²) in [5.74, 6) is -0.191. The minimum absolute atomic E-state index is 0.191. The number of hydrogen-bond acceptors (Lipinski definition) is 3. The fourth-order valence-electron chi connectivity index (χ4n) is 1.23. The fraction of sp³-hybridized carbons (Fsp3) is 0.417. The molecule has 16 heavy (non-hydrogen) atoms. The Morgan fingerprint density at radius 1 is 1.50 bits per heavy atom. The molecule has 1 atom stereocenters. The summed E-state index contributed by atoms with van der Waals surface area (Å²) in [5, 5.41) is 2.77. The first-order chi connectivity index (χ1) is 7.65. The Morgan fingerprint density at radius 3 is 2.81 bits per heavy atom. The molecule has 0 fully saturated rings. The number of nitrogens with one attached hydrogen (secondary N) is 1. The van der Waals surface area contributed by atoms with E-state index in [0.29, 0.717) is 13.2 Å². The van der Waals surface area contributed by atoms with Crippen LogP contribution in [0.3, 0.4) is 0 Å². The molecular formula is C12H18N2O2. The minimum Gasteiger partial charge on any atom is -0.377 e. The molecule has 3 N–H and O–H groups in total. The zero-order chi connectivity index (χ0) is 12.0. The van der Waals surface area contributed by atoms with Gasteiger partial charge in [-0.3, -0.25) is 4.79 Å². The summed E-state index contributed by atoms with van der Waals surface area (Å²) in [6.07, 6.45) is 0. The molecule has 0 radical (unpaired) electrons. The Kier molecular flexibility index (Phi) is 4.95. The van der Waals surface area contributed by atoms with E-state index in [1.165, 1.54) is 0 Å². The van der Waals surface area contributed by atoms with Gasteiger partial charge in [0.05, 0.1) is 12.6 Å². The van der Waals surface area contributed by atoms with Crippen molar-refractivity contribution in [3.05, 3.63) is 29.8 Å². The molecule has 0 unspecified atom stereocenters. The number of rotatable bonds is 5. The van der Waals surface area contributed by atoms with Crippen molar-refractivity contribution in [2.45, 2.75) is 26.5 Å². The van der Waals surface area contributed by atoms with Gasteiger partial charge >= 0.3 is 0 Å². The molecule has 0 aliphatic carbocycles. The van der Waals surface area contributed by atoms with E-state index in [0.717, 1.165) is 11.3 Å². The van der Waals surface area contributed by atoms with Gasteiger partial charge in [0.15, 0.2) is 0 Å². The van der Waals surface area contributed by atoms with E-state index in [4.69, 9.17) is 10.5 Å². The topological polar surface area (TPSA) is 64.3 Å². The van der Waals surface area contributed by atoms with E-state index in [1.807, 2.05) is 31.2 Å². The van der Waals surface area contributed by atoms with E-state index < -0.39 is 6.04 Å². The molecule has 1 aromatic rings. The summed E-state index contributed by atoms with van der Waals surface area (Å²) >= 11 is 0. The van der Waals surface area contributed by atoms with Crippen LogP contribution in [0.25, 0.3) is 0 Å². The molecular weight excluding hydrogens is 204 g/mol. The van der Waals surface area contributed by atoms with Gasteiger partial charge in [-0.25, -0.2) is 0 Å². The average molecular weight is 222 g/mol. The number of amides is 1. The number of hydrogen-bond donors (Lipinski definition) is 2. The molecule has 0 spiro atoms. The number of carbonyl (C=O) groups is 1. The molecule has 0 aliphatic heterocycles. The van der Waals surface area contributed by atoms with Gasteiger partial charge in [0.2, 0.25) is 5.91 Å². The van der Waals surface area contributed by atoms with Gasteiger partial charge in [-0.15, -0.1) is 0 Å². The van der Waals surface area contributed by atoms with E-state index in [9.17, 15) is 4.79 Å². The van der Waals surface area contributed by atoms with Crippen LogP contribution < -0.4 is 11.1 Å². The third-order valence-electron chi connectivity index (χ3n) is 2.15. The lowest BCUT2D eigenvalue weighted by atomic mass is 10.2. The predicted molar refractivity (Wildman–Crippen MR) is 64.1 cm³/mol. The molecule has 0 bridgehead atoms. The highest BCUT2D eigenvalue weighted by Crippen LogP contribution is 2.16. The highest BCUT2D eigenvalue weighted by atomic mass is 16.5. The van der Waals surface area contributed by atoms with Crippen molar-refractivity contribution in [3.63, 3.8) is 0 Å². The molecule has 88 valence electrons. The van der Waals surface area contributed by atoms with Crippen molar-refractivity contribution in [1.82, 2.24) is 0 Å². The molecule has 1 aromatic carbocycles. The standard InChI is InChI=1S/C12H18N2O2/c1-3-16-8-10-6-4-5-7-11(10)14-12(15)9(2)13/h4-7,9H,3,8,13H2,1-2H3,(H,14,15)/t9-/m0/s1. The number of para-hydroxylation sites is 1. The molecule has 4 heteroatoms. The van der Waals surface area contributed by atoms with Gasteiger partial charge in [0, 0.05) is 17.9 Å². The van der Waals surface area contributed by atoms with Crippen LogP contribution >= 0.6 is 0 Å². The zero-order valence-electron chi connectivity index (χ0n) is 9.69. The van der Waals surface area contributed by atoms with Crippen LogP contribution in [0.2, 0.25) is 0 Å². The largest absolute Gasteiger partial charge is 0.377 e. The highest BCUT2D eigenvalue weighted by Gasteiger charge is 2.09. The lowest BCUT2D eigenvalue weighted by Gasteiger charge is -2.12. The molecule has 1 rings (SSSR count). The molecule has 0 aliphatic rings. The van der Waals surface area contributed by atoms with Gasteiger partial charge in [-0.2, -0.15) is 0 Å². The maximum Gasteiger partial charge on any atom is 0.241 e. The lowest BCUT2D eigenvalue weighted by Crippen LogP contribution is -2.32. The Balaban J connectivity index is 2.74. The van der Waals surface area contributed by atoms with E-state index in [1.54, 1.807) is 6.92 Å². The van der Waals surface area contributed by atoms with Gasteiger partial charge < -0.3 is 15.8 Å². The van der Waals surface area contributed by atoms with Gasteiger partial charge in [0.1, 0.15) is 0 Å². The van der Waals surface area contributed by atoms with Crippen LogP contribution in [0.1, 0.15) is 19.4 Å². The number of ether oxygens (including phenoxy) is 1. The Morgan fingerprint density at radius 2 is 2.19 bits per heavy atom. The molecule has 0 saturated heterocycles. The normalized spacial score (nSPS) is 12.2. The second-order valence-corrected chi connectivity index (χ2v) is 3.57. The third kappa shape index (κ3) is 3.64. The smallest absolute Gasteiger partial charge is 0.241 e. The van der Waals surface area contributed by atoms with Crippen molar-refractivity contribution >= 4 is 11.6 Å². The SMILES string of the molecule is CCOCc1ccccc1NC(=O)[C@H](C)N. The van der Waals surface area contributed by atoms with Crippen molar-refractivity contribution in [1.29, 1.82) is 0 Å². The molecule has 0 heterocycles. The van der Waals surface area contributed by atoms with Crippen LogP contribution in [0.4, 0.5) is 5.69 Å². The Bertz CT molecular complexity index is 351. The first kappa shape index (κ1) is 12.7. The number of benzene rings is 1. The summed E-state index contributed by atoms with van der Waals surface area (Å²) < 4.78 is 5.32. The summed E-state index contributed by atoms with van der Waals surface area (Å²) in [6.45, 7) is 4.73. The predicted octanol–water partition coefficient (Wildman–Crippen LogP) is 1.51. The zero-order valence-corrected chi connectivity index (χ0v) is 9.69. The number of anilines is 1. The average Bonchev–Trinajstić information content (AvgIpc) is 2.27. The number of nitrogens with two attached hydrogens (primary N) is 1. The molecule has 0 aromatic heterocycles. The van der Waals surface area contributed by atoms with Gasteiger partial charge in [-0.05, 0) is 19.9 Å². The van der Waals surface area contributed by atoms with Crippen molar-refractivity contribution in [2.24, 2.45) is 5.73 Å². The van der Waals surface area contributed by atoms with Crippen LogP contribution in [-0.2, 0) is 16.1 Å². The van der Waals surface area contributed by atoms with Crippen LogP contribution in [0.15, 0.2) is 24.3 Å². The van der Waals surface area contributed by atoms with Crippen LogP contribution in [0.5, 0.6) is 0 Å². The number of carbonyl (C=O) groups excluding carboxylic acids is 1. The fourth-order valence-corrected chi connectivity index (χ4v) is 1.23. The van der Waals surface area contributed by atoms with Gasteiger partial charge in [0.25, 0.3) is 0 Å². The second-order valence-electron chi connectivity index (χ2n) is 3.57. The first-order valence-electron chi connectivity index (χ1n) is 5.37. The van der Waals surface area contributed by atoms with Crippen LogP contribution in [0, 0.1) is 0 Å². The lowest BCUT2D eigenvalue weighted by molar-refractivity contribution is -0.117.